The van der Waals surface area contributed by atoms with Crippen LogP contribution in [-0.2, 0) is 4.79 Å². The summed E-state index contributed by atoms with van der Waals surface area (Å²) in [5, 5.41) is 11.0. The molecule has 0 spiro atoms. The maximum atomic E-state index is 13.3. The number of halogens is 1. The fraction of sp³-hybridized carbons (Fsp3) is 0.500. The summed E-state index contributed by atoms with van der Waals surface area (Å²) in [6.45, 7) is 5.93. The smallest absolute Gasteiger partial charge is 0.277 e. The van der Waals surface area contributed by atoms with E-state index in [9.17, 15) is 9.18 Å². The van der Waals surface area contributed by atoms with Gasteiger partial charge in [-0.2, -0.15) is 0 Å². The zero-order valence-corrected chi connectivity index (χ0v) is 16.3. The number of nitrogens with zero attached hydrogens (tertiary/aromatic N) is 4. The normalized spacial score (nSPS) is 17.0. The van der Waals surface area contributed by atoms with Gasteiger partial charge in [0, 0.05) is 39.6 Å². The Bertz CT molecular complexity index is 746. The summed E-state index contributed by atoms with van der Waals surface area (Å²) in [6.07, 6.45) is 0. The zero-order valence-electron chi connectivity index (χ0n) is 15.5. The third kappa shape index (κ3) is 5.75. The molecule has 2 aromatic rings. The minimum absolute atomic E-state index is 0.0129. The van der Waals surface area contributed by atoms with Crippen LogP contribution in [0.4, 0.5) is 4.39 Å². The van der Waals surface area contributed by atoms with Gasteiger partial charge in [-0.15, -0.1) is 10.2 Å². The van der Waals surface area contributed by atoms with Gasteiger partial charge in [-0.25, -0.2) is 4.39 Å². The zero-order chi connectivity index (χ0) is 19.2. The number of aromatic nitrogens is 2. The molecule has 1 fully saturated rings. The van der Waals surface area contributed by atoms with E-state index >= 15 is 0 Å². The van der Waals surface area contributed by atoms with Gasteiger partial charge in [-0.05, 0) is 24.7 Å². The van der Waals surface area contributed by atoms with Crippen molar-refractivity contribution in [1.82, 2.24) is 25.3 Å². The molecular formula is C18H24FN5O2S. The van der Waals surface area contributed by atoms with Crippen LogP contribution < -0.4 is 5.32 Å². The molecule has 1 aliphatic rings. The quantitative estimate of drug-likeness (QED) is 0.718. The highest BCUT2D eigenvalue weighted by molar-refractivity contribution is 7.99. The predicted molar refractivity (Wildman–Crippen MR) is 101 cm³/mol. The van der Waals surface area contributed by atoms with Crippen LogP contribution in [0.5, 0.6) is 0 Å². The third-order valence-electron chi connectivity index (χ3n) is 4.56. The average molecular weight is 393 g/mol. The number of rotatable bonds is 7. The lowest BCUT2D eigenvalue weighted by atomic mass is 10.0. The van der Waals surface area contributed by atoms with Gasteiger partial charge in [-0.1, -0.05) is 23.9 Å². The maximum absolute atomic E-state index is 13.3. The summed E-state index contributed by atoms with van der Waals surface area (Å²) in [7, 11) is 2.10. The maximum Gasteiger partial charge on any atom is 0.277 e. The van der Waals surface area contributed by atoms with Crippen LogP contribution in [0.2, 0.25) is 0 Å². The first-order valence-corrected chi connectivity index (χ1v) is 9.87. The van der Waals surface area contributed by atoms with Crippen molar-refractivity contribution >= 4 is 17.7 Å². The van der Waals surface area contributed by atoms with Crippen LogP contribution in [-0.4, -0.2) is 71.4 Å². The minimum Gasteiger partial charge on any atom is -0.416 e. The van der Waals surface area contributed by atoms with Crippen LogP contribution in [0.25, 0.3) is 0 Å². The van der Waals surface area contributed by atoms with Crippen LogP contribution in [0, 0.1) is 12.7 Å². The van der Waals surface area contributed by atoms with Crippen molar-refractivity contribution in [2.75, 3.05) is 45.5 Å². The second-order valence-corrected chi connectivity index (χ2v) is 7.51. The SMILES string of the molecule is Cc1nnc(SCC(=O)NCC(c2ccc(F)cc2)N2CCN(C)CC2)o1. The summed E-state index contributed by atoms with van der Waals surface area (Å²) in [6, 6.07) is 6.53. The number of carbonyl (C=O) groups is 1. The van der Waals surface area contributed by atoms with Crippen molar-refractivity contribution in [3.63, 3.8) is 0 Å². The number of benzene rings is 1. The first-order valence-electron chi connectivity index (χ1n) is 8.89. The average Bonchev–Trinajstić information content (AvgIpc) is 3.08. The fourth-order valence-electron chi connectivity index (χ4n) is 3.00. The number of thioether (sulfide) groups is 1. The lowest BCUT2D eigenvalue weighted by Gasteiger charge is -2.38. The summed E-state index contributed by atoms with van der Waals surface area (Å²) < 4.78 is 18.6. The van der Waals surface area contributed by atoms with Gasteiger partial charge < -0.3 is 14.6 Å². The van der Waals surface area contributed by atoms with E-state index in [1.807, 2.05) is 0 Å². The van der Waals surface area contributed by atoms with E-state index < -0.39 is 0 Å². The van der Waals surface area contributed by atoms with Gasteiger partial charge >= 0.3 is 0 Å². The molecule has 1 aromatic carbocycles. The number of aryl methyl sites for hydroxylation is 1. The monoisotopic (exact) mass is 393 g/mol. The van der Waals surface area contributed by atoms with E-state index in [0.29, 0.717) is 17.7 Å². The van der Waals surface area contributed by atoms with Gasteiger partial charge in [0.05, 0.1) is 11.8 Å². The van der Waals surface area contributed by atoms with Crippen molar-refractivity contribution < 1.29 is 13.6 Å². The Hall–Kier alpha value is -1.97. The molecule has 3 rings (SSSR count). The van der Waals surface area contributed by atoms with Crippen LogP contribution >= 0.6 is 11.8 Å². The molecule has 1 unspecified atom stereocenters. The first-order chi connectivity index (χ1) is 13.0. The lowest BCUT2D eigenvalue weighted by Crippen LogP contribution is -2.48. The van der Waals surface area contributed by atoms with Gasteiger partial charge in [0.15, 0.2) is 0 Å². The molecule has 0 bridgehead atoms. The van der Waals surface area contributed by atoms with E-state index in [-0.39, 0.29) is 23.5 Å². The first kappa shape index (κ1) is 19.8. The number of hydrogen-bond acceptors (Lipinski definition) is 7. The summed E-state index contributed by atoms with van der Waals surface area (Å²) >= 11 is 1.21. The number of amides is 1. The molecule has 0 saturated carbocycles. The highest BCUT2D eigenvalue weighted by atomic mass is 32.2. The van der Waals surface area contributed by atoms with Crippen molar-refractivity contribution in [2.24, 2.45) is 0 Å². The third-order valence-corrected chi connectivity index (χ3v) is 5.38. The van der Waals surface area contributed by atoms with Crippen LogP contribution in [0.1, 0.15) is 17.5 Å². The van der Waals surface area contributed by atoms with Gasteiger partial charge in [0.25, 0.3) is 5.22 Å². The molecule has 1 aromatic heterocycles. The number of nitrogens with one attached hydrogen (secondary N) is 1. The molecule has 0 radical (unpaired) electrons. The molecule has 1 amide bonds. The summed E-state index contributed by atoms with van der Waals surface area (Å²) in [5.41, 5.74) is 1.00. The molecular weight excluding hydrogens is 369 g/mol. The summed E-state index contributed by atoms with van der Waals surface area (Å²) in [4.78, 5) is 16.9. The fourth-order valence-corrected chi connectivity index (χ4v) is 3.64. The predicted octanol–water partition coefficient (Wildman–Crippen LogP) is 1.71. The molecule has 1 N–H and O–H groups in total. The van der Waals surface area contributed by atoms with Crippen molar-refractivity contribution in [3.8, 4) is 0 Å². The molecule has 1 saturated heterocycles. The van der Waals surface area contributed by atoms with E-state index in [4.69, 9.17) is 4.42 Å². The Kier molecular flexibility index (Phi) is 6.81. The molecule has 0 aliphatic carbocycles. The highest BCUT2D eigenvalue weighted by Gasteiger charge is 2.24. The van der Waals surface area contributed by atoms with E-state index in [0.717, 1.165) is 31.7 Å². The topological polar surface area (TPSA) is 74.5 Å². The Labute approximate surface area is 162 Å². The number of piperazine rings is 1. The van der Waals surface area contributed by atoms with Gasteiger partial charge in [0.2, 0.25) is 11.8 Å². The largest absolute Gasteiger partial charge is 0.416 e. The number of hydrogen-bond donors (Lipinski definition) is 1. The second-order valence-electron chi connectivity index (χ2n) is 6.59. The lowest BCUT2D eigenvalue weighted by molar-refractivity contribution is -0.118. The Morgan fingerprint density at radius 2 is 1.96 bits per heavy atom. The van der Waals surface area contributed by atoms with E-state index in [1.165, 1.54) is 23.9 Å². The molecule has 27 heavy (non-hydrogen) atoms. The molecule has 7 nitrogen and oxygen atoms in total. The van der Waals surface area contributed by atoms with Gasteiger partial charge in [0.1, 0.15) is 5.82 Å². The second kappa shape index (κ2) is 9.29. The minimum atomic E-state index is -0.258. The van der Waals surface area contributed by atoms with E-state index in [2.05, 4.69) is 32.4 Å². The van der Waals surface area contributed by atoms with Crippen molar-refractivity contribution in [2.45, 2.75) is 18.2 Å². The molecule has 1 aliphatic heterocycles. The molecule has 146 valence electrons. The van der Waals surface area contributed by atoms with Gasteiger partial charge in [-0.3, -0.25) is 9.69 Å². The van der Waals surface area contributed by atoms with Crippen molar-refractivity contribution in [1.29, 1.82) is 0 Å². The van der Waals surface area contributed by atoms with Crippen LogP contribution in [0.3, 0.4) is 0 Å². The Balaban J connectivity index is 1.58. The van der Waals surface area contributed by atoms with Crippen molar-refractivity contribution in [3.05, 3.63) is 41.5 Å². The molecule has 1 atom stereocenters. The Morgan fingerprint density at radius 1 is 1.26 bits per heavy atom. The van der Waals surface area contributed by atoms with E-state index in [1.54, 1.807) is 19.1 Å². The van der Waals surface area contributed by atoms with Crippen LogP contribution in [0.15, 0.2) is 33.9 Å². The number of likely N-dealkylation sites (N-methyl/N-ethyl adjacent to an activating group) is 1. The number of carbonyl (C=O) groups excluding carboxylic acids is 1. The molecule has 2 heterocycles. The highest BCUT2D eigenvalue weighted by Crippen LogP contribution is 2.22. The molecule has 9 heteroatoms. The Morgan fingerprint density at radius 3 is 2.59 bits per heavy atom. The summed E-state index contributed by atoms with van der Waals surface area (Å²) in [5.74, 6) is 0.327. The standard InChI is InChI=1S/C18H24FN5O2S/c1-13-21-22-18(26-13)27-12-17(25)20-11-16(14-3-5-15(19)6-4-14)24-9-7-23(2)8-10-24/h3-6,16H,7-12H2,1-2H3,(H,20,25).